The van der Waals surface area contributed by atoms with Crippen LogP contribution in [0.5, 0.6) is 5.75 Å². The van der Waals surface area contributed by atoms with Gasteiger partial charge in [-0.25, -0.2) is 0 Å². The Kier molecular flexibility index (Phi) is 5.24. The molecule has 25 heavy (non-hydrogen) atoms. The summed E-state index contributed by atoms with van der Waals surface area (Å²) in [5.74, 6) is 0.878. The fourth-order valence-corrected chi connectivity index (χ4v) is 2.95. The highest BCUT2D eigenvalue weighted by molar-refractivity contribution is 6.35. The number of aryl methyl sites for hydroxylation is 1. The van der Waals surface area contributed by atoms with Crippen LogP contribution in [-0.4, -0.2) is 34.7 Å². The molecule has 5 nitrogen and oxygen atoms in total. The molecule has 0 aliphatic rings. The van der Waals surface area contributed by atoms with Gasteiger partial charge in [0.15, 0.2) is 0 Å². The highest BCUT2D eigenvalue weighted by Crippen LogP contribution is 2.23. The lowest BCUT2D eigenvalue weighted by atomic mass is 10.2. The predicted octanol–water partition coefficient (Wildman–Crippen LogP) is 3.75. The topological polar surface area (TPSA) is 47.4 Å². The number of rotatable bonds is 6. The van der Waals surface area contributed by atoms with Gasteiger partial charge in [0.1, 0.15) is 5.75 Å². The maximum Gasteiger partial charge on any atom is 0.224 e. The van der Waals surface area contributed by atoms with Crippen molar-refractivity contribution in [2.45, 2.75) is 19.5 Å². The Bertz CT molecular complexity index is 874. The molecule has 2 aromatic carbocycles. The van der Waals surface area contributed by atoms with Gasteiger partial charge in [0.2, 0.25) is 5.91 Å². The van der Waals surface area contributed by atoms with Crippen LogP contribution < -0.4 is 4.74 Å². The summed E-state index contributed by atoms with van der Waals surface area (Å²) >= 11 is 6.16. The molecule has 0 saturated heterocycles. The lowest BCUT2D eigenvalue weighted by Gasteiger charge is -2.17. The van der Waals surface area contributed by atoms with Crippen LogP contribution in [0.3, 0.4) is 0 Å². The number of hydrogen-bond acceptors (Lipinski definition) is 3. The van der Waals surface area contributed by atoms with Gasteiger partial charge in [0, 0.05) is 25.4 Å². The van der Waals surface area contributed by atoms with E-state index in [2.05, 4.69) is 5.10 Å². The van der Waals surface area contributed by atoms with Crippen LogP contribution in [0.2, 0.25) is 5.02 Å². The zero-order chi connectivity index (χ0) is 17.8. The number of halogens is 1. The summed E-state index contributed by atoms with van der Waals surface area (Å²) in [4.78, 5) is 14.1. The number of amides is 1. The molecule has 1 aromatic heterocycles. The van der Waals surface area contributed by atoms with Gasteiger partial charge in [-0.05, 0) is 29.8 Å². The molecular formula is C19H20ClN3O2. The van der Waals surface area contributed by atoms with Crippen molar-refractivity contribution in [3.8, 4) is 5.75 Å². The summed E-state index contributed by atoms with van der Waals surface area (Å²) in [7, 11) is 3.45. The van der Waals surface area contributed by atoms with Crippen LogP contribution in [0.15, 0.2) is 48.7 Å². The van der Waals surface area contributed by atoms with E-state index in [9.17, 15) is 4.79 Å². The fraction of sp³-hybridized carbons (Fsp3) is 0.263. The van der Waals surface area contributed by atoms with E-state index in [-0.39, 0.29) is 5.91 Å². The highest BCUT2D eigenvalue weighted by atomic mass is 35.5. The number of carbonyl (C=O) groups excluding carboxylic acids is 1. The van der Waals surface area contributed by atoms with E-state index in [0.29, 0.717) is 24.5 Å². The number of fused-ring (bicyclic) bond motifs is 1. The summed E-state index contributed by atoms with van der Waals surface area (Å²) in [6, 6.07) is 13.4. The van der Waals surface area contributed by atoms with E-state index in [1.165, 1.54) is 0 Å². The Morgan fingerprint density at radius 3 is 2.72 bits per heavy atom. The van der Waals surface area contributed by atoms with Crippen LogP contribution >= 0.6 is 11.6 Å². The van der Waals surface area contributed by atoms with Crippen molar-refractivity contribution in [1.29, 1.82) is 0 Å². The molecule has 0 aliphatic heterocycles. The summed E-state index contributed by atoms with van der Waals surface area (Å²) in [6.07, 6.45) is 2.12. The molecule has 3 rings (SSSR count). The molecule has 0 N–H and O–H groups in total. The number of hydrogen-bond donors (Lipinski definition) is 0. The Labute approximate surface area is 151 Å². The first-order valence-corrected chi connectivity index (χ1v) is 8.43. The maximum absolute atomic E-state index is 12.4. The molecule has 6 heteroatoms. The molecule has 3 aromatic rings. The first-order valence-electron chi connectivity index (χ1n) is 8.05. The minimum absolute atomic E-state index is 0.0708. The van der Waals surface area contributed by atoms with E-state index in [0.717, 1.165) is 22.2 Å². The molecule has 1 amide bonds. The first kappa shape index (κ1) is 17.3. The molecule has 0 atom stereocenters. The van der Waals surface area contributed by atoms with E-state index in [1.54, 1.807) is 18.2 Å². The van der Waals surface area contributed by atoms with Crippen molar-refractivity contribution in [3.05, 3.63) is 59.2 Å². The van der Waals surface area contributed by atoms with Gasteiger partial charge < -0.3 is 9.64 Å². The van der Waals surface area contributed by atoms with Crippen LogP contribution in [0.1, 0.15) is 12.0 Å². The lowest BCUT2D eigenvalue weighted by Crippen LogP contribution is -2.27. The largest absolute Gasteiger partial charge is 0.497 e. The number of benzene rings is 2. The van der Waals surface area contributed by atoms with Crippen LogP contribution in [0, 0.1) is 0 Å². The number of methoxy groups -OCH3 is 1. The zero-order valence-corrected chi connectivity index (χ0v) is 15.0. The molecule has 0 unspecified atom stereocenters. The van der Waals surface area contributed by atoms with Crippen molar-refractivity contribution in [2.24, 2.45) is 0 Å². The first-order chi connectivity index (χ1) is 12.1. The second-order valence-corrected chi connectivity index (χ2v) is 6.30. The van der Waals surface area contributed by atoms with Crippen molar-refractivity contribution in [3.63, 3.8) is 0 Å². The Balaban J connectivity index is 1.60. The Morgan fingerprint density at radius 2 is 2.00 bits per heavy atom. The van der Waals surface area contributed by atoms with Crippen molar-refractivity contribution in [2.75, 3.05) is 14.2 Å². The quantitative estimate of drug-likeness (QED) is 0.675. The highest BCUT2D eigenvalue weighted by Gasteiger charge is 2.12. The number of carbonyl (C=O) groups is 1. The molecule has 0 saturated carbocycles. The summed E-state index contributed by atoms with van der Waals surface area (Å²) in [6.45, 7) is 1.09. The predicted molar refractivity (Wildman–Crippen MR) is 98.8 cm³/mol. The standard InChI is InChI=1S/C19H20ClN3O2/c1-22(13-14-6-8-15(25-2)9-7-14)19(24)10-11-23-18-5-3-4-17(20)16(18)12-21-23/h3-9,12H,10-11,13H2,1-2H3. The maximum atomic E-state index is 12.4. The summed E-state index contributed by atoms with van der Waals surface area (Å²) in [5.41, 5.74) is 2.01. The molecule has 1 heterocycles. The lowest BCUT2D eigenvalue weighted by molar-refractivity contribution is -0.130. The molecule has 0 fully saturated rings. The average Bonchev–Trinajstić information content (AvgIpc) is 3.05. The van der Waals surface area contributed by atoms with E-state index in [1.807, 2.05) is 54.2 Å². The van der Waals surface area contributed by atoms with Crippen molar-refractivity contribution < 1.29 is 9.53 Å². The number of nitrogens with zero attached hydrogens (tertiary/aromatic N) is 3. The fourth-order valence-electron chi connectivity index (χ4n) is 2.73. The van der Waals surface area contributed by atoms with Crippen molar-refractivity contribution >= 4 is 28.4 Å². The molecule has 0 spiro atoms. The molecule has 0 radical (unpaired) electrons. The molecule has 130 valence electrons. The summed E-state index contributed by atoms with van der Waals surface area (Å²) in [5, 5.41) is 5.92. The van der Waals surface area contributed by atoms with Gasteiger partial charge >= 0.3 is 0 Å². The zero-order valence-electron chi connectivity index (χ0n) is 14.3. The third kappa shape index (κ3) is 3.94. The van der Waals surface area contributed by atoms with Gasteiger partial charge in [-0.2, -0.15) is 5.10 Å². The van der Waals surface area contributed by atoms with Crippen LogP contribution in [0.25, 0.3) is 10.9 Å². The second-order valence-electron chi connectivity index (χ2n) is 5.89. The monoisotopic (exact) mass is 357 g/mol. The van der Waals surface area contributed by atoms with Gasteiger partial charge in [-0.3, -0.25) is 9.48 Å². The van der Waals surface area contributed by atoms with E-state index >= 15 is 0 Å². The van der Waals surface area contributed by atoms with Gasteiger partial charge in [-0.15, -0.1) is 0 Å². The molecule has 0 bridgehead atoms. The minimum Gasteiger partial charge on any atom is -0.497 e. The van der Waals surface area contributed by atoms with Crippen LogP contribution in [-0.2, 0) is 17.9 Å². The minimum atomic E-state index is 0.0708. The second kappa shape index (κ2) is 7.57. The number of aromatic nitrogens is 2. The molecule has 0 aliphatic carbocycles. The third-order valence-electron chi connectivity index (χ3n) is 4.18. The normalized spacial score (nSPS) is 10.8. The van der Waals surface area contributed by atoms with E-state index < -0.39 is 0 Å². The van der Waals surface area contributed by atoms with Gasteiger partial charge in [0.05, 0.1) is 30.4 Å². The van der Waals surface area contributed by atoms with E-state index in [4.69, 9.17) is 16.3 Å². The van der Waals surface area contributed by atoms with Crippen molar-refractivity contribution in [1.82, 2.24) is 14.7 Å². The number of ether oxygens (including phenoxy) is 1. The van der Waals surface area contributed by atoms with Crippen LogP contribution in [0.4, 0.5) is 0 Å². The SMILES string of the molecule is COc1ccc(CN(C)C(=O)CCn2ncc3c(Cl)cccc32)cc1. The summed E-state index contributed by atoms with van der Waals surface area (Å²) < 4.78 is 6.97. The Hall–Kier alpha value is -2.53. The van der Waals surface area contributed by atoms with Gasteiger partial charge in [0.25, 0.3) is 0 Å². The smallest absolute Gasteiger partial charge is 0.224 e. The molecular weight excluding hydrogens is 338 g/mol. The van der Waals surface area contributed by atoms with Gasteiger partial charge in [-0.1, -0.05) is 29.8 Å². The Morgan fingerprint density at radius 1 is 1.24 bits per heavy atom. The third-order valence-corrected chi connectivity index (χ3v) is 4.51. The average molecular weight is 358 g/mol.